The van der Waals surface area contributed by atoms with Crippen molar-refractivity contribution < 1.29 is 9.47 Å². The van der Waals surface area contributed by atoms with Gasteiger partial charge in [-0.2, -0.15) is 5.10 Å². The molecule has 1 heterocycles. The molecule has 0 aliphatic rings. The van der Waals surface area contributed by atoms with Crippen molar-refractivity contribution in [3.05, 3.63) is 16.4 Å². The highest BCUT2D eigenvalue weighted by molar-refractivity contribution is 9.10. The lowest BCUT2D eigenvalue weighted by Gasteiger charge is -2.20. The van der Waals surface area contributed by atoms with Crippen molar-refractivity contribution in [2.75, 3.05) is 33.5 Å². The molecule has 0 saturated heterocycles. The Labute approximate surface area is 123 Å². The molecule has 1 atom stereocenters. The van der Waals surface area contributed by atoms with Crippen molar-refractivity contribution in [3.8, 4) is 0 Å². The monoisotopic (exact) mass is 333 g/mol. The number of methoxy groups -OCH3 is 1. The predicted octanol–water partition coefficient (Wildman–Crippen LogP) is 2.37. The lowest BCUT2D eigenvalue weighted by Crippen LogP contribution is -2.29. The molecule has 5 nitrogen and oxygen atoms in total. The van der Waals surface area contributed by atoms with Crippen LogP contribution in [0.15, 0.2) is 10.7 Å². The molecule has 0 spiro atoms. The van der Waals surface area contributed by atoms with Crippen LogP contribution < -0.4 is 5.32 Å². The summed E-state index contributed by atoms with van der Waals surface area (Å²) in [6.45, 7) is 7.90. The van der Waals surface area contributed by atoms with Crippen molar-refractivity contribution in [1.82, 2.24) is 15.1 Å². The molecule has 1 aromatic rings. The predicted molar refractivity (Wildman–Crippen MR) is 79.3 cm³/mol. The highest BCUT2D eigenvalue weighted by Crippen LogP contribution is 2.23. The zero-order valence-electron chi connectivity index (χ0n) is 12.0. The Balaban J connectivity index is 2.68. The molecule has 1 rings (SSSR count). The molecular weight excluding hydrogens is 310 g/mol. The molecule has 6 heteroatoms. The summed E-state index contributed by atoms with van der Waals surface area (Å²) in [7, 11) is 1.68. The van der Waals surface area contributed by atoms with Gasteiger partial charge in [0.15, 0.2) is 0 Å². The van der Waals surface area contributed by atoms with Crippen LogP contribution in [0.25, 0.3) is 0 Å². The Bertz CT molecular complexity index is 358. The van der Waals surface area contributed by atoms with Crippen molar-refractivity contribution in [2.45, 2.75) is 32.9 Å². The maximum Gasteiger partial charge on any atom is 0.0741 e. The topological polar surface area (TPSA) is 48.3 Å². The van der Waals surface area contributed by atoms with Gasteiger partial charge in [-0.3, -0.25) is 4.68 Å². The molecule has 0 fully saturated rings. The van der Waals surface area contributed by atoms with Crippen LogP contribution in [0, 0.1) is 0 Å². The third kappa shape index (κ3) is 5.22. The van der Waals surface area contributed by atoms with Crippen LogP contribution in [0.1, 0.15) is 32.0 Å². The zero-order chi connectivity index (χ0) is 14.1. The van der Waals surface area contributed by atoms with Gasteiger partial charge in [-0.1, -0.05) is 6.92 Å². The van der Waals surface area contributed by atoms with Crippen molar-refractivity contribution >= 4 is 15.9 Å². The number of aromatic nitrogens is 2. The fourth-order valence-corrected chi connectivity index (χ4v) is 2.44. The minimum atomic E-state index is 0.147. The molecule has 1 unspecified atom stereocenters. The molecule has 1 aromatic heterocycles. The number of hydrogen-bond acceptors (Lipinski definition) is 4. The highest BCUT2D eigenvalue weighted by atomic mass is 79.9. The van der Waals surface area contributed by atoms with Gasteiger partial charge in [0, 0.05) is 13.7 Å². The minimum absolute atomic E-state index is 0.147. The quantitative estimate of drug-likeness (QED) is 0.668. The maximum absolute atomic E-state index is 5.66. The molecule has 110 valence electrons. The van der Waals surface area contributed by atoms with E-state index in [1.165, 1.54) is 0 Å². The molecule has 0 aliphatic heterocycles. The Morgan fingerprint density at radius 2 is 2.21 bits per heavy atom. The molecule has 0 bridgehead atoms. The Kier molecular flexibility index (Phi) is 8.29. The first kappa shape index (κ1) is 16.6. The average molecular weight is 334 g/mol. The first-order valence-corrected chi connectivity index (χ1v) is 7.55. The molecule has 19 heavy (non-hydrogen) atoms. The van der Waals surface area contributed by atoms with Gasteiger partial charge in [0.1, 0.15) is 0 Å². The van der Waals surface area contributed by atoms with Gasteiger partial charge < -0.3 is 14.8 Å². The molecule has 1 N–H and O–H groups in total. The van der Waals surface area contributed by atoms with Crippen LogP contribution in [-0.4, -0.2) is 43.3 Å². The Morgan fingerprint density at radius 1 is 1.42 bits per heavy atom. The van der Waals surface area contributed by atoms with Crippen LogP contribution in [0.3, 0.4) is 0 Å². The van der Waals surface area contributed by atoms with Gasteiger partial charge in [-0.15, -0.1) is 0 Å². The summed E-state index contributed by atoms with van der Waals surface area (Å²) in [5.74, 6) is 0. The van der Waals surface area contributed by atoms with E-state index in [0.29, 0.717) is 19.8 Å². The molecular formula is C13H24BrN3O2. The maximum atomic E-state index is 5.66. The fourth-order valence-electron chi connectivity index (χ4n) is 1.87. The lowest BCUT2D eigenvalue weighted by atomic mass is 10.2. The van der Waals surface area contributed by atoms with Gasteiger partial charge in [0.05, 0.1) is 42.2 Å². The van der Waals surface area contributed by atoms with Gasteiger partial charge >= 0.3 is 0 Å². The number of nitrogens with one attached hydrogen (secondary N) is 1. The Hall–Kier alpha value is -0.430. The summed E-state index contributed by atoms with van der Waals surface area (Å²) in [6.07, 6.45) is 2.93. The van der Waals surface area contributed by atoms with Crippen LogP contribution in [0.5, 0.6) is 0 Å². The smallest absolute Gasteiger partial charge is 0.0741 e. The molecule has 0 aliphatic carbocycles. The standard InChI is InChI=1S/C13H24BrN3O2/c1-4-6-15-12(10-19-8-7-18-3)13-11(14)9-16-17(13)5-2/h9,12,15H,4-8,10H2,1-3H3. The molecule has 0 amide bonds. The normalized spacial score (nSPS) is 12.8. The van der Waals surface area contributed by atoms with E-state index in [0.717, 1.165) is 29.7 Å². The summed E-state index contributed by atoms with van der Waals surface area (Å²) in [6, 6.07) is 0.147. The van der Waals surface area contributed by atoms with Gasteiger partial charge in [-0.25, -0.2) is 0 Å². The summed E-state index contributed by atoms with van der Waals surface area (Å²) in [5.41, 5.74) is 1.15. The highest BCUT2D eigenvalue weighted by Gasteiger charge is 2.19. The Morgan fingerprint density at radius 3 is 2.84 bits per heavy atom. The van der Waals surface area contributed by atoms with Crippen molar-refractivity contribution in [2.24, 2.45) is 0 Å². The summed E-state index contributed by atoms with van der Waals surface area (Å²) >= 11 is 3.57. The second-order valence-electron chi connectivity index (χ2n) is 4.27. The number of hydrogen-bond donors (Lipinski definition) is 1. The molecule has 0 saturated carbocycles. The number of ether oxygens (including phenoxy) is 2. The molecule has 0 aromatic carbocycles. The van der Waals surface area contributed by atoms with E-state index in [4.69, 9.17) is 9.47 Å². The number of nitrogens with zero attached hydrogens (tertiary/aromatic N) is 2. The second kappa shape index (κ2) is 9.47. The third-order valence-corrected chi connectivity index (χ3v) is 3.43. The van der Waals surface area contributed by atoms with Crippen LogP contribution >= 0.6 is 15.9 Å². The number of aryl methyl sites for hydroxylation is 1. The average Bonchev–Trinajstić information content (AvgIpc) is 2.79. The van der Waals surface area contributed by atoms with E-state index in [2.05, 4.69) is 40.2 Å². The van der Waals surface area contributed by atoms with Crippen molar-refractivity contribution in [1.29, 1.82) is 0 Å². The lowest BCUT2D eigenvalue weighted by molar-refractivity contribution is 0.0572. The van der Waals surface area contributed by atoms with Crippen molar-refractivity contribution in [3.63, 3.8) is 0 Å². The van der Waals surface area contributed by atoms with E-state index in [-0.39, 0.29) is 6.04 Å². The third-order valence-electron chi connectivity index (χ3n) is 2.82. The molecule has 0 radical (unpaired) electrons. The fraction of sp³-hybridized carbons (Fsp3) is 0.769. The second-order valence-corrected chi connectivity index (χ2v) is 5.12. The van der Waals surface area contributed by atoms with E-state index in [1.54, 1.807) is 7.11 Å². The van der Waals surface area contributed by atoms with Gasteiger partial charge in [0.2, 0.25) is 0 Å². The van der Waals surface area contributed by atoms with Crippen LogP contribution in [-0.2, 0) is 16.0 Å². The van der Waals surface area contributed by atoms with E-state index in [9.17, 15) is 0 Å². The number of rotatable bonds is 10. The van der Waals surface area contributed by atoms with Gasteiger partial charge in [-0.05, 0) is 35.8 Å². The first-order valence-electron chi connectivity index (χ1n) is 6.75. The van der Waals surface area contributed by atoms with Gasteiger partial charge in [0.25, 0.3) is 0 Å². The van der Waals surface area contributed by atoms with Crippen LogP contribution in [0.2, 0.25) is 0 Å². The summed E-state index contributed by atoms with van der Waals surface area (Å²) in [5, 5.41) is 7.86. The SMILES string of the molecule is CCCNC(COCCOC)c1c(Br)cnn1CC. The first-order chi connectivity index (χ1) is 9.24. The summed E-state index contributed by atoms with van der Waals surface area (Å²) in [4.78, 5) is 0. The number of halogens is 1. The van der Waals surface area contributed by atoms with E-state index >= 15 is 0 Å². The van der Waals surface area contributed by atoms with E-state index in [1.807, 2.05) is 10.9 Å². The van der Waals surface area contributed by atoms with Crippen LogP contribution in [0.4, 0.5) is 0 Å². The van der Waals surface area contributed by atoms with E-state index < -0.39 is 0 Å². The minimum Gasteiger partial charge on any atom is -0.382 e. The largest absolute Gasteiger partial charge is 0.382 e. The zero-order valence-corrected chi connectivity index (χ0v) is 13.6. The summed E-state index contributed by atoms with van der Waals surface area (Å²) < 4.78 is 13.7.